The third-order valence-electron chi connectivity index (χ3n) is 21.2. The molecule has 0 bridgehead atoms. The van der Waals surface area contributed by atoms with Gasteiger partial charge in [0.15, 0.2) is 18.9 Å². The van der Waals surface area contributed by atoms with Crippen molar-refractivity contribution in [3.05, 3.63) is 11.6 Å². The average molecular weight is 1110 g/mol. The highest BCUT2D eigenvalue weighted by Gasteiger charge is 2.72. The Morgan fingerprint density at radius 2 is 1.10 bits per heavy atom. The van der Waals surface area contributed by atoms with E-state index in [1.807, 2.05) is 0 Å². The number of aliphatic carboxylic acids is 1. The highest BCUT2D eigenvalue weighted by atomic mass is 16.8. The van der Waals surface area contributed by atoms with Crippen LogP contribution in [0.1, 0.15) is 106 Å². The molecule has 0 amide bonds. The Morgan fingerprint density at radius 3 is 1.70 bits per heavy atom. The molecule has 0 radical (unpaired) electrons. The number of carboxylic acid groups (broad SMARTS) is 1. The number of carboxylic acids is 1. The largest absolute Gasteiger partial charge is 0.481 e. The van der Waals surface area contributed by atoms with E-state index in [1.54, 1.807) is 6.92 Å². The molecule has 24 heteroatoms. The molecule has 0 aromatic rings. The number of carbonyl (C=O) groups excluding carboxylic acids is 1. The molecule has 9 aliphatic rings. The Kier molecular flexibility index (Phi) is 16.7. The summed E-state index contributed by atoms with van der Waals surface area (Å²) < 4.78 is 47.1. The van der Waals surface area contributed by atoms with E-state index < -0.39 is 188 Å². The minimum Gasteiger partial charge on any atom is -0.481 e. The molecular formula is C53H84O24. The number of allylic oxidation sites excluding steroid dienone is 2. The van der Waals surface area contributed by atoms with Gasteiger partial charge in [-0.3, -0.25) is 9.59 Å². The van der Waals surface area contributed by atoms with Crippen molar-refractivity contribution >= 4 is 11.9 Å². The van der Waals surface area contributed by atoms with Gasteiger partial charge < -0.3 is 109 Å². The molecular weight excluding hydrogens is 1020 g/mol. The Labute approximate surface area is 446 Å². The van der Waals surface area contributed by atoms with Gasteiger partial charge >= 0.3 is 11.9 Å². The van der Waals surface area contributed by atoms with E-state index in [2.05, 4.69) is 40.7 Å². The molecule has 28 atom stereocenters. The molecule has 5 aliphatic carbocycles. The summed E-state index contributed by atoms with van der Waals surface area (Å²) in [5, 5.41) is 149. The fraction of sp³-hybridized carbons (Fsp3) is 0.925. The molecule has 14 N–H and O–H groups in total. The number of esters is 1. The maximum Gasteiger partial charge on any atom is 0.315 e. The first-order valence-electron chi connectivity index (χ1n) is 27.4. The molecule has 0 unspecified atom stereocenters. The third-order valence-corrected chi connectivity index (χ3v) is 21.2. The Bertz CT molecular complexity index is 2160. The van der Waals surface area contributed by atoms with Crippen molar-refractivity contribution in [2.75, 3.05) is 26.4 Å². The molecule has 0 aromatic heterocycles. The van der Waals surface area contributed by atoms with E-state index in [9.17, 15) is 76.3 Å². The summed E-state index contributed by atoms with van der Waals surface area (Å²) in [5.74, 6) is -2.49. The zero-order valence-electron chi connectivity index (χ0n) is 44.6. The maximum atomic E-state index is 15.4. The van der Waals surface area contributed by atoms with Gasteiger partial charge in [0.25, 0.3) is 0 Å². The Morgan fingerprint density at radius 1 is 0.571 bits per heavy atom. The first-order valence-corrected chi connectivity index (χ1v) is 27.4. The van der Waals surface area contributed by atoms with Crippen molar-refractivity contribution in [2.24, 2.45) is 50.2 Å². The lowest BCUT2D eigenvalue weighted by molar-refractivity contribution is -0.363. The van der Waals surface area contributed by atoms with Crippen molar-refractivity contribution in [3.63, 3.8) is 0 Å². The summed E-state index contributed by atoms with van der Waals surface area (Å²) in [6.45, 7) is 9.89. The van der Waals surface area contributed by atoms with Gasteiger partial charge in [0.05, 0.1) is 43.4 Å². The minimum atomic E-state index is -2.02. The number of ether oxygens (including phenoxy) is 8. The van der Waals surface area contributed by atoms with E-state index in [-0.39, 0.29) is 23.2 Å². The van der Waals surface area contributed by atoms with Crippen LogP contribution in [-0.2, 0) is 47.5 Å². The molecule has 0 aromatic carbocycles. The number of aliphatic hydroxyl groups is 13. The standard InChI is InChI=1S/C53H84O24/c1-48(2)13-15-53(47(69)77-45-40(66)41(76-44-39(65)36(62)32(58)25(19-55)73-44)34(60)27(74-45)21-70-42-38(64)35(61)31(57)24(18-54)71-42)16-14-50(4)22(23(53)17-48)7-8-28-49(3)11-10-30(75-43-37(63)33(59)26(20-56)72-43)52(6,46(67)68)29(49)9-12-51(28,50)5/h7,23-45,54-66H,8-21H2,1-6H3,(H,67,68)/t23-,24+,25+,26-,27+,28+,29+,30-,31+,32+,33-,34+,35-,36-,37+,38+,39+,40+,41-,42+,43-,44-,45-,49+,50+,51+,52-,53-/m0/s1. The summed E-state index contributed by atoms with van der Waals surface area (Å²) in [7, 11) is 0. The van der Waals surface area contributed by atoms with Crippen LogP contribution in [-0.4, -0.2) is 233 Å². The average Bonchev–Trinajstić information content (AvgIpc) is 3.73. The van der Waals surface area contributed by atoms with Crippen LogP contribution in [0.4, 0.5) is 0 Å². The summed E-state index contributed by atoms with van der Waals surface area (Å²) in [4.78, 5) is 29.1. The van der Waals surface area contributed by atoms with Crippen molar-refractivity contribution < 1.29 is 119 Å². The highest BCUT2D eigenvalue weighted by Crippen LogP contribution is 2.76. The third kappa shape index (κ3) is 9.55. The molecule has 4 saturated carbocycles. The number of carbonyl (C=O) groups is 2. The van der Waals surface area contributed by atoms with Crippen LogP contribution in [0.2, 0.25) is 0 Å². The second-order valence-electron chi connectivity index (χ2n) is 25.6. The zero-order valence-corrected chi connectivity index (χ0v) is 44.6. The van der Waals surface area contributed by atoms with Gasteiger partial charge in [-0.15, -0.1) is 0 Å². The molecule has 0 spiro atoms. The van der Waals surface area contributed by atoms with Crippen LogP contribution in [0.25, 0.3) is 0 Å². The highest BCUT2D eigenvalue weighted by molar-refractivity contribution is 5.79. The normalized spacial score (nSPS) is 53.5. The number of hydrogen-bond acceptors (Lipinski definition) is 23. The van der Waals surface area contributed by atoms with E-state index >= 15 is 4.79 Å². The van der Waals surface area contributed by atoms with Gasteiger partial charge in [-0.05, 0) is 111 Å². The first-order chi connectivity index (χ1) is 36.1. The van der Waals surface area contributed by atoms with Gasteiger partial charge in [0.2, 0.25) is 6.29 Å². The van der Waals surface area contributed by atoms with Crippen LogP contribution in [0.5, 0.6) is 0 Å². The van der Waals surface area contributed by atoms with Crippen molar-refractivity contribution in [3.8, 4) is 0 Å². The van der Waals surface area contributed by atoms with Gasteiger partial charge in [0, 0.05) is 0 Å². The second kappa shape index (κ2) is 21.6. The Hall–Kier alpha value is -2.12. The predicted octanol–water partition coefficient (Wildman–Crippen LogP) is -2.33. The van der Waals surface area contributed by atoms with Crippen LogP contribution >= 0.6 is 0 Å². The van der Waals surface area contributed by atoms with Crippen LogP contribution in [0, 0.1) is 50.2 Å². The van der Waals surface area contributed by atoms with E-state index in [1.165, 1.54) is 0 Å². The molecule has 8 fully saturated rings. The van der Waals surface area contributed by atoms with E-state index in [0.29, 0.717) is 64.2 Å². The number of aliphatic hydroxyl groups excluding tert-OH is 13. The number of hydrogen-bond donors (Lipinski definition) is 14. The number of fused-ring (bicyclic) bond motifs is 7. The second-order valence-corrected chi connectivity index (χ2v) is 25.6. The van der Waals surface area contributed by atoms with Crippen LogP contribution < -0.4 is 0 Å². The lowest BCUT2D eigenvalue weighted by Crippen LogP contribution is -2.67. The van der Waals surface area contributed by atoms with Gasteiger partial charge in [-0.25, -0.2) is 0 Å². The summed E-state index contributed by atoms with van der Waals surface area (Å²) in [6.07, 6.45) is -25.4. The molecule has 4 aliphatic heterocycles. The zero-order chi connectivity index (χ0) is 56.3. The number of rotatable bonds is 13. The summed E-state index contributed by atoms with van der Waals surface area (Å²) >= 11 is 0. The fourth-order valence-electron chi connectivity index (χ4n) is 16.2. The monoisotopic (exact) mass is 1100 g/mol. The first kappa shape index (κ1) is 59.5. The molecule has 4 heterocycles. The van der Waals surface area contributed by atoms with Crippen LogP contribution in [0.15, 0.2) is 11.6 Å². The maximum absolute atomic E-state index is 15.4. The molecule has 24 nitrogen and oxygen atoms in total. The van der Waals surface area contributed by atoms with E-state index in [0.717, 1.165) is 5.57 Å². The van der Waals surface area contributed by atoms with Gasteiger partial charge in [-0.2, -0.15) is 0 Å². The van der Waals surface area contributed by atoms with Gasteiger partial charge in [0.1, 0.15) is 91.6 Å². The van der Waals surface area contributed by atoms with Crippen LogP contribution in [0.3, 0.4) is 0 Å². The minimum absolute atomic E-state index is 0.00735. The fourth-order valence-corrected chi connectivity index (χ4v) is 16.2. The summed E-state index contributed by atoms with van der Waals surface area (Å²) in [5.41, 5.74) is -3.10. The topological polar surface area (TPSA) is 391 Å². The molecule has 9 rings (SSSR count). The smallest absolute Gasteiger partial charge is 0.315 e. The van der Waals surface area contributed by atoms with Gasteiger partial charge in [-0.1, -0.05) is 46.3 Å². The Balaban J connectivity index is 0.993. The van der Waals surface area contributed by atoms with E-state index in [4.69, 9.17) is 37.9 Å². The van der Waals surface area contributed by atoms with Crippen molar-refractivity contribution in [1.82, 2.24) is 0 Å². The lowest BCUT2D eigenvalue weighted by Gasteiger charge is -2.71. The molecule has 440 valence electrons. The quantitative estimate of drug-likeness (QED) is 0.0679. The lowest BCUT2D eigenvalue weighted by atomic mass is 9.33. The summed E-state index contributed by atoms with van der Waals surface area (Å²) in [6, 6.07) is 0. The molecule has 77 heavy (non-hydrogen) atoms. The predicted molar refractivity (Wildman–Crippen MR) is 259 cm³/mol. The van der Waals surface area contributed by atoms with Crippen molar-refractivity contribution in [2.45, 2.75) is 229 Å². The molecule has 4 saturated heterocycles. The van der Waals surface area contributed by atoms with Crippen molar-refractivity contribution in [1.29, 1.82) is 0 Å². The SMILES string of the molecule is CC1(C)CC[C@]2(C(=O)O[C@@H]3O[C@H](CO[C@@H]4O[C@H](CO)[C@@H](O)[C@H](O)[C@H]4O)[C@@H](O)[C@H](O[C@@H]4O[C@H](CO)[C@@H](O)[C@H](O)[C@H]4O)[C@H]3O)CC[C@]3(C)C(=CC[C@@H]4[C@@]5(C)CC[C@H](O[C@@H]6O[C@@H](CO)[C@H](O)[C@H]6O)[C@@](C)(C(=O)O)[C@@H]5CC[C@]43C)[C@@H]2C1.